The number of fused-ring (bicyclic) bond motifs is 2. The quantitative estimate of drug-likeness (QED) is 0.902. The van der Waals surface area contributed by atoms with Crippen LogP contribution in [-0.2, 0) is 11.3 Å². The molecule has 3 heterocycles. The van der Waals surface area contributed by atoms with Crippen molar-refractivity contribution in [3.63, 3.8) is 0 Å². The molecular weight excluding hydrogens is 310 g/mol. The average molecular weight is 327 g/mol. The van der Waals surface area contributed by atoms with Gasteiger partial charge >= 0.3 is 0 Å². The van der Waals surface area contributed by atoms with E-state index in [-0.39, 0.29) is 35.6 Å². The zero-order chi connectivity index (χ0) is 16.5. The highest BCUT2D eigenvalue weighted by molar-refractivity contribution is 5.96. The largest absolute Gasteiger partial charge is 0.482 e. The second-order valence-electron chi connectivity index (χ2n) is 5.72. The van der Waals surface area contributed by atoms with Crippen molar-refractivity contribution in [2.24, 2.45) is 0 Å². The number of carbonyl (C=O) groups is 1. The summed E-state index contributed by atoms with van der Waals surface area (Å²) in [6.45, 7) is 1.61. The summed E-state index contributed by atoms with van der Waals surface area (Å²) in [6, 6.07) is 10.9. The summed E-state index contributed by atoms with van der Waals surface area (Å²) in [7, 11) is 0. The number of hydrogen-bond acceptors (Lipinski definition) is 5. The Bertz CT molecular complexity index is 818. The van der Waals surface area contributed by atoms with Gasteiger partial charge in [-0.15, -0.1) is 0 Å². The van der Waals surface area contributed by atoms with Crippen molar-refractivity contribution in [1.29, 1.82) is 0 Å². The van der Waals surface area contributed by atoms with Gasteiger partial charge in [-0.2, -0.15) is 0 Å². The first-order valence-electron chi connectivity index (χ1n) is 7.82. The van der Waals surface area contributed by atoms with Crippen LogP contribution in [-0.4, -0.2) is 41.4 Å². The second-order valence-corrected chi connectivity index (χ2v) is 5.72. The van der Waals surface area contributed by atoms with Gasteiger partial charge in [0.15, 0.2) is 11.4 Å². The third-order valence-electron chi connectivity index (χ3n) is 4.16. The van der Waals surface area contributed by atoms with Gasteiger partial charge in [-0.3, -0.25) is 14.3 Å². The zero-order valence-electron chi connectivity index (χ0n) is 13.0. The van der Waals surface area contributed by atoms with Gasteiger partial charge < -0.3 is 19.8 Å². The molecule has 2 aliphatic rings. The van der Waals surface area contributed by atoms with Crippen LogP contribution in [0.25, 0.3) is 0 Å². The van der Waals surface area contributed by atoms with Gasteiger partial charge in [0.2, 0.25) is 5.43 Å². The number of benzene rings is 1. The van der Waals surface area contributed by atoms with Crippen molar-refractivity contribution in [3.8, 4) is 5.75 Å². The van der Waals surface area contributed by atoms with E-state index in [1.165, 1.54) is 6.07 Å². The summed E-state index contributed by atoms with van der Waals surface area (Å²) in [5.41, 5.74) is 4.03. The van der Waals surface area contributed by atoms with Crippen molar-refractivity contribution in [3.05, 3.63) is 64.1 Å². The normalized spacial score (nSPS) is 19.2. The molecule has 7 heteroatoms. The average Bonchev–Trinajstić information content (AvgIpc) is 2.62. The SMILES string of the molecule is O=C1c2c(OCc3ccccc3)c(=O)ccn2N[C@@H]2COCCN12. The molecule has 0 bridgehead atoms. The molecule has 0 aliphatic carbocycles. The molecule has 24 heavy (non-hydrogen) atoms. The first-order valence-corrected chi connectivity index (χ1v) is 7.82. The number of rotatable bonds is 3. The first kappa shape index (κ1) is 14.8. The molecule has 124 valence electrons. The highest BCUT2D eigenvalue weighted by Crippen LogP contribution is 2.23. The molecule has 1 aromatic heterocycles. The van der Waals surface area contributed by atoms with Crippen LogP contribution in [0, 0.1) is 0 Å². The Morgan fingerprint density at radius 1 is 1.21 bits per heavy atom. The van der Waals surface area contributed by atoms with E-state index < -0.39 is 0 Å². The molecule has 1 amide bonds. The molecule has 1 aromatic carbocycles. The standard InChI is InChI=1S/C17H17N3O4/c21-13-6-7-20-15(16(13)24-10-12-4-2-1-3-5-12)17(22)19-8-9-23-11-14(19)18-20/h1-7,14,18H,8-11H2/t14-/m0/s1. The number of ether oxygens (including phenoxy) is 2. The van der Waals surface area contributed by atoms with Crippen molar-refractivity contribution < 1.29 is 14.3 Å². The lowest BCUT2D eigenvalue weighted by molar-refractivity contribution is -0.00326. The number of nitrogens with one attached hydrogen (secondary N) is 1. The maximum absolute atomic E-state index is 12.8. The fraction of sp³-hybridized carbons (Fsp3) is 0.294. The number of hydrogen-bond donors (Lipinski definition) is 1. The van der Waals surface area contributed by atoms with Crippen LogP contribution in [0.5, 0.6) is 5.75 Å². The van der Waals surface area contributed by atoms with E-state index in [4.69, 9.17) is 9.47 Å². The first-order chi connectivity index (χ1) is 11.7. The molecule has 0 spiro atoms. The molecular formula is C17H17N3O4. The smallest absolute Gasteiger partial charge is 0.278 e. The van der Waals surface area contributed by atoms with Gasteiger partial charge in [0.25, 0.3) is 5.91 Å². The fourth-order valence-electron chi connectivity index (χ4n) is 2.95. The summed E-state index contributed by atoms with van der Waals surface area (Å²) in [5, 5.41) is 0. The van der Waals surface area contributed by atoms with Crippen LogP contribution < -0.4 is 15.6 Å². The van der Waals surface area contributed by atoms with Crippen LogP contribution in [0.2, 0.25) is 0 Å². The van der Waals surface area contributed by atoms with Crippen molar-refractivity contribution in [2.75, 3.05) is 25.2 Å². The Labute approximate surface area is 138 Å². The van der Waals surface area contributed by atoms with Gasteiger partial charge in [0.05, 0.1) is 13.2 Å². The van der Waals surface area contributed by atoms with E-state index >= 15 is 0 Å². The number of amides is 1. The lowest BCUT2D eigenvalue weighted by atomic mass is 10.2. The number of aromatic nitrogens is 1. The van der Waals surface area contributed by atoms with E-state index in [1.54, 1.807) is 15.8 Å². The molecule has 1 atom stereocenters. The Balaban J connectivity index is 1.68. The molecule has 0 unspecified atom stereocenters. The van der Waals surface area contributed by atoms with Gasteiger partial charge in [0, 0.05) is 18.8 Å². The maximum Gasteiger partial charge on any atom is 0.278 e. The minimum Gasteiger partial charge on any atom is -0.482 e. The maximum atomic E-state index is 12.8. The topological polar surface area (TPSA) is 72.8 Å². The number of carbonyl (C=O) groups excluding carboxylic acids is 1. The Morgan fingerprint density at radius 3 is 2.88 bits per heavy atom. The number of morpholine rings is 1. The minimum atomic E-state index is -0.306. The van der Waals surface area contributed by atoms with Crippen molar-refractivity contribution in [1.82, 2.24) is 9.58 Å². The molecule has 0 saturated carbocycles. The van der Waals surface area contributed by atoms with Crippen LogP contribution >= 0.6 is 0 Å². The van der Waals surface area contributed by atoms with Gasteiger partial charge in [-0.05, 0) is 5.56 Å². The van der Waals surface area contributed by atoms with Crippen LogP contribution in [0.15, 0.2) is 47.4 Å². The van der Waals surface area contributed by atoms with Crippen LogP contribution in [0.3, 0.4) is 0 Å². The predicted octanol–water partition coefficient (Wildman–Crippen LogP) is 0.783. The Morgan fingerprint density at radius 2 is 2.04 bits per heavy atom. The molecule has 7 nitrogen and oxygen atoms in total. The summed E-state index contributed by atoms with van der Waals surface area (Å²) < 4.78 is 12.7. The second kappa shape index (κ2) is 6.01. The molecule has 4 rings (SSSR count). The van der Waals surface area contributed by atoms with E-state index in [0.29, 0.717) is 19.8 Å². The molecule has 1 saturated heterocycles. The monoisotopic (exact) mass is 327 g/mol. The summed E-state index contributed by atoms with van der Waals surface area (Å²) >= 11 is 0. The molecule has 1 N–H and O–H groups in total. The van der Waals surface area contributed by atoms with Crippen LogP contribution in [0.1, 0.15) is 16.1 Å². The highest BCUT2D eigenvalue weighted by Gasteiger charge is 2.36. The molecule has 2 aromatic rings. The Kier molecular flexibility index (Phi) is 3.70. The number of pyridine rings is 1. The molecule has 2 aliphatic heterocycles. The van der Waals surface area contributed by atoms with Gasteiger partial charge in [-0.1, -0.05) is 30.3 Å². The molecule has 0 radical (unpaired) electrons. The van der Waals surface area contributed by atoms with E-state index in [9.17, 15) is 9.59 Å². The third kappa shape index (κ3) is 2.52. The lowest BCUT2D eigenvalue weighted by Gasteiger charge is -2.41. The summed E-state index contributed by atoms with van der Waals surface area (Å²) in [6.07, 6.45) is 1.32. The summed E-state index contributed by atoms with van der Waals surface area (Å²) in [4.78, 5) is 26.8. The predicted molar refractivity (Wildman–Crippen MR) is 86.5 cm³/mol. The van der Waals surface area contributed by atoms with Gasteiger partial charge in [-0.25, -0.2) is 0 Å². The van der Waals surface area contributed by atoms with E-state index in [1.807, 2.05) is 30.3 Å². The van der Waals surface area contributed by atoms with Crippen LogP contribution in [0.4, 0.5) is 0 Å². The Hall–Kier alpha value is -2.80. The molecule has 1 fully saturated rings. The number of nitrogens with zero attached hydrogens (tertiary/aromatic N) is 2. The summed E-state index contributed by atoms with van der Waals surface area (Å²) in [5.74, 6) is -0.147. The minimum absolute atomic E-state index is 0.0730. The highest BCUT2D eigenvalue weighted by atomic mass is 16.5. The fourth-order valence-corrected chi connectivity index (χ4v) is 2.95. The van der Waals surface area contributed by atoms with Crippen molar-refractivity contribution >= 4 is 5.91 Å². The zero-order valence-corrected chi connectivity index (χ0v) is 13.0. The third-order valence-corrected chi connectivity index (χ3v) is 4.16. The van der Waals surface area contributed by atoms with Crippen molar-refractivity contribution in [2.45, 2.75) is 12.8 Å². The van der Waals surface area contributed by atoms with E-state index in [2.05, 4.69) is 5.43 Å². The van der Waals surface area contributed by atoms with Gasteiger partial charge in [0.1, 0.15) is 12.8 Å². The van der Waals surface area contributed by atoms with E-state index in [0.717, 1.165) is 5.56 Å². The lowest BCUT2D eigenvalue weighted by Crippen LogP contribution is -2.59.